The first-order chi connectivity index (χ1) is 36.5. The van der Waals surface area contributed by atoms with Crippen LogP contribution >= 0.6 is 0 Å². The number of nitrogens with one attached hydrogen (secondary N) is 8. The number of benzene rings is 3. The van der Waals surface area contributed by atoms with Crippen molar-refractivity contribution < 1.29 is 43.1 Å². The van der Waals surface area contributed by atoms with Gasteiger partial charge in [0.15, 0.2) is 5.96 Å². The molecule has 1 aliphatic heterocycles. The average molecular weight is 1040 g/mol. The molecule has 4 aromatic rings. The number of hydrogen-bond acceptors (Lipinski definition) is 10. The smallest absolute Gasteiger partial charge is 0.247 e. The Morgan fingerprint density at radius 3 is 2.32 bits per heavy atom. The molecular formula is C55H70N12O9. The van der Waals surface area contributed by atoms with Gasteiger partial charge in [0.2, 0.25) is 47.3 Å². The molecule has 1 aromatic heterocycles. The van der Waals surface area contributed by atoms with E-state index in [9.17, 15) is 24.0 Å². The molecule has 2 heterocycles. The molecule has 3 aliphatic carbocycles. The lowest BCUT2D eigenvalue weighted by Gasteiger charge is -2.40. The third-order valence-corrected chi connectivity index (χ3v) is 15.4. The van der Waals surface area contributed by atoms with Crippen LogP contribution in [0.3, 0.4) is 0 Å². The van der Waals surface area contributed by atoms with Gasteiger partial charge < -0.3 is 64.1 Å². The highest BCUT2D eigenvalue weighted by Gasteiger charge is 2.66. The summed E-state index contributed by atoms with van der Waals surface area (Å²) < 4.78 is 5.69. The summed E-state index contributed by atoms with van der Waals surface area (Å²) >= 11 is 0. The maximum atomic E-state index is 15.4. The molecule has 404 valence electrons. The average Bonchev–Trinajstić information content (AvgIpc) is 4.30. The number of aromatic amines is 1. The molecule has 2 spiro atoms. The van der Waals surface area contributed by atoms with Gasteiger partial charge in [-0.15, -0.1) is 0 Å². The lowest BCUT2D eigenvalue weighted by molar-refractivity contribution is -0.139. The first kappa shape index (κ1) is 54.3. The Balaban J connectivity index is 1.19. The maximum Gasteiger partial charge on any atom is 0.247 e. The number of nitrogens with zero attached hydrogens (tertiary/aromatic N) is 1. The number of carbonyl (C=O) groups is 8. The van der Waals surface area contributed by atoms with Crippen LogP contribution in [0.15, 0.2) is 84.0 Å². The SMILES string of the molecule is CCCCC(=O)NC12CC1C(=O)NCCCC[C@@H](C(N)=O)NC(=O)C1(C[C@H]1c1c[nH]c3ccccc13)NC(=O)[C@H](CCCN=C(N)N)NC(=O)[C@@H](Cc1ccccc1)NC(=O)C1(CCc3c(cccc3OC)C1)NC2=O. The molecule has 76 heavy (non-hydrogen) atoms. The number of ether oxygens (including phenoxy) is 1. The summed E-state index contributed by atoms with van der Waals surface area (Å²) in [7, 11) is 1.54. The summed E-state index contributed by atoms with van der Waals surface area (Å²) in [5, 5.41) is 21.3. The third-order valence-electron chi connectivity index (χ3n) is 15.4. The lowest BCUT2D eigenvalue weighted by atomic mass is 9.76. The minimum atomic E-state index is -1.73. The van der Waals surface area contributed by atoms with Crippen molar-refractivity contribution in [1.82, 2.24) is 42.2 Å². The number of aromatic nitrogens is 1. The number of carbonyl (C=O) groups excluding carboxylic acids is 8. The number of H-pyrrole nitrogens is 1. The fourth-order valence-electron chi connectivity index (χ4n) is 10.9. The molecule has 4 unspecified atom stereocenters. The van der Waals surface area contributed by atoms with Crippen LogP contribution in [0.1, 0.15) is 106 Å². The van der Waals surface area contributed by atoms with Crippen LogP contribution in [0.2, 0.25) is 0 Å². The zero-order chi connectivity index (χ0) is 54.2. The zero-order valence-electron chi connectivity index (χ0n) is 43.1. The molecular weight excluding hydrogens is 973 g/mol. The molecule has 0 bridgehead atoms. The second-order valence-electron chi connectivity index (χ2n) is 20.6. The van der Waals surface area contributed by atoms with Crippen molar-refractivity contribution >= 4 is 64.1 Å². The molecule has 8 rings (SSSR count). The van der Waals surface area contributed by atoms with Crippen molar-refractivity contribution in [3.05, 3.63) is 101 Å². The van der Waals surface area contributed by atoms with Gasteiger partial charge in [0.05, 0.1) is 13.0 Å². The number of nitrogens with two attached hydrogens (primary N) is 3. The minimum Gasteiger partial charge on any atom is -0.496 e. The van der Waals surface area contributed by atoms with Gasteiger partial charge in [-0.1, -0.05) is 74.0 Å². The van der Waals surface area contributed by atoms with Crippen molar-refractivity contribution in [1.29, 1.82) is 0 Å². The fourth-order valence-corrected chi connectivity index (χ4v) is 10.9. The number of primary amides is 1. The van der Waals surface area contributed by atoms with Gasteiger partial charge in [0.25, 0.3) is 0 Å². The Morgan fingerprint density at radius 1 is 0.789 bits per heavy atom. The summed E-state index contributed by atoms with van der Waals surface area (Å²) in [5.41, 5.74) is 15.9. The van der Waals surface area contributed by atoms with E-state index >= 15 is 14.4 Å². The number of guanidine groups is 1. The molecule has 14 N–H and O–H groups in total. The van der Waals surface area contributed by atoms with E-state index in [1.807, 2.05) is 43.3 Å². The monoisotopic (exact) mass is 1040 g/mol. The summed E-state index contributed by atoms with van der Waals surface area (Å²) in [6.07, 6.45) is 4.36. The Hall–Kier alpha value is -7.97. The molecule has 8 amide bonds. The molecule has 1 saturated heterocycles. The molecule has 21 heteroatoms. The van der Waals surface area contributed by atoms with Crippen LogP contribution in [0.25, 0.3) is 10.9 Å². The van der Waals surface area contributed by atoms with E-state index in [1.54, 1.807) is 49.7 Å². The van der Waals surface area contributed by atoms with E-state index in [4.69, 9.17) is 21.9 Å². The Bertz CT molecular complexity index is 2890. The molecule has 3 aromatic carbocycles. The quantitative estimate of drug-likeness (QED) is 0.0513. The van der Waals surface area contributed by atoms with Crippen LogP contribution in [0, 0.1) is 5.92 Å². The fraction of sp³-hybridized carbons (Fsp3) is 0.473. The molecule has 21 nitrogen and oxygen atoms in total. The van der Waals surface area contributed by atoms with Crippen LogP contribution in [0.5, 0.6) is 5.75 Å². The topological polar surface area (TPSA) is 336 Å². The summed E-state index contributed by atoms with van der Waals surface area (Å²) in [6.45, 7) is 2.14. The maximum absolute atomic E-state index is 15.4. The number of hydrogen-bond donors (Lipinski definition) is 11. The van der Waals surface area contributed by atoms with E-state index in [-0.39, 0.29) is 83.3 Å². The number of rotatable bonds is 13. The van der Waals surface area contributed by atoms with Crippen molar-refractivity contribution in [2.75, 3.05) is 20.2 Å². The van der Waals surface area contributed by atoms with Crippen LogP contribution in [-0.4, -0.2) is 113 Å². The number of para-hydroxylation sites is 1. The number of unbranched alkanes of at least 4 members (excludes halogenated alkanes) is 1. The Kier molecular flexibility index (Phi) is 16.6. The van der Waals surface area contributed by atoms with E-state index in [2.05, 4.69) is 47.2 Å². The first-order valence-electron chi connectivity index (χ1n) is 26.3. The van der Waals surface area contributed by atoms with Gasteiger partial charge in [-0.3, -0.25) is 43.3 Å². The van der Waals surface area contributed by atoms with E-state index < -0.39 is 93.8 Å². The predicted octanol–water partition coefficient (Wildman–Crippen LogP) is 1.16. The normalized spacial score (nSPS) is 27.3. The highest BCUT2D eigenvalue weighted by molar-refractivity contribution is 6.06. The number of aliphatic imine (C=N–C) groups is 1. The van der Waals surface area contributed by atoms with Crippen LogP contribution in [-0.2, 0) is 57.6 Å². The van der Waals surface area contributed by atoms with Crippen molar-refractivity contribution in [2.24, 2.45) is 28.1 Å². The minimum absolute atomic E-state index is 0.0156. The second kappa shape index (κ2) is 23.3. The van der Waals surface area contributed by atoms with E-state index in [0.29, 0.717) is 42.6 Å². The van der Waals surface area contributed by atoms with E-state index in [1.165, 1.54) is 0 Å². The Morgan fingerprint density at radius 2 is 1.57 bits per heavy atom. The van der Waals surface area contributed by atoms with Gasteiger partial charge in [-0.2, -0.15) is 0 Å². The third kappa shape index (κ3) is 11.9. The molecule has 4 aliphatic rings. The van der Waals surface area contributed by atoms with Gasteiger partial charge >= 0.3 is 0 Å². The molecule has 3 fully saturated rings. The molecule has 8 atom stereocenters. The van der Waals surface area contributed by atoms with Gasteiger partial charge in [-0.05, 0) is 98.6 Å². The highest BCUT2D eigenvalue weighted by atomic mass is 16.5. The summed E-state index contributed by atoms with van der Waals surface area (Å²) in [4.78, 5) is 123. The lowest BCUT2D eigenvalue weighted by Crippen LogP contribution is -2.67. The molecule has 0 radical (unpaired) electrons. The number of amides is 8. The van der Waals surface area contributed by atoms with Crippen molar-refractivity contribution in [3.8, 4) is 5.75 Å². The van der Waals surface area contributed by atoms with Gasteiger partial charge in [0.1, 0.15) is 40.5 Å². The summed E-state index contributed by atoms with van der Waals surface area (Å²) in [5.74, 6) is -6.49. The van der Waals surface area contributed by atoms with Gasteiger partial charge in [0, 0.05) is 55.4 Å². The van der Waals surface area contributed by atoms with E-state index in [0.717, 1.165) is 22.0 Å². The predicted molar refractivity (Wildman–Crippen MR) is 283 cm³/mol. The molecule has 2 saturated carbocycles. The zero-order valence-corrected chi connectivity index (χ0v) is 43.1. The highest BCUT2D eigenvalue weighted by Crippen LogP contribution is 2.54. The second-order valence-corrected chi connectivity index (χ2v) is 20.6. The van der Waals surface area contributed by atoms with Crippen molar-refractivity contribution in [3.63, 3.8) is 0 Å². The number of fused-ring (bicyclic) bond motifs is 3. The first-order valence-corrected chi connectivity index (χ1v) is 26.3. The van der Waals surface area contributed by atoms with Crippen LogP contribution in [0.4, 0.5) is 0 Å². The number of methoxy groups -OCH3 is 1. The van der Waals surface area contributed by atoms with Crippen LogP contribution < -0.4 is 59.2 Å². The van der Waals surface area contributed by atoms with Gasteiger partial charge in [-0.25, -0.2) is 0 Å². The summed E-state index contributed by atoms with van der Waals surface area (Å²) in [6, 6.07) is 18.0. The van der Waals surface area contributed by atoms with Crippen molar-refractivity contribution in [2.45, 2.75) is 137 Å². The standard InChI is InChI=1S/C55H70N12O9/c1-3-4-22-44(68)65-55-30-38(55)46(70)59-25-11-10-19-40(45(56)69)63-50(74)54(29-37(54)36-31-61-39-18-9-8-17-35(36)39)66-48(72)41(20-13-26-60-52(57)58)62-47(71)42(27-32-14-6-5-7-15-32)64-49(73)53(67-51(55)75)24-23-34-33(28-53)16-12-21-43(34)76-2/h5-9,12,14-18,21,31,37-38,40-42,61H,3-4,10-11,13,19-20,22-30H2,1-2H3,(H2,56,69)(H,59,70)(H,62,71)(H,63,74)(H,64,73)(H,65,68)(H,66,72)(H,67,75)(H4,57,58,60)/t37-,38?,40-,41-,42+,53?,54?,55?/m0/s1. The largest absolute Gasteiger partial charge is 0.496 e. The Labute approximate surface area is 440 Å².